The molecule has 2 aliphatic rings. The van der Waals surface area contributed by atoms with E-state index in [4.69, 9.17) is 4.74 Å². The number of anilines is 1. The van der Waals surface area contributed by atoms with E-state index in [0.29, 0.717) is 5.69 Å². The smallest absolute Gasteiger partial charge is 0.343 e. The predicted octanol–water partition coefficient (Wildman–Crippen LogP) is 3.49. The number of fused-ring (bicyclic) bond motifs is 1. The second-order valence-corrected chi connectivity index (χ2v) is 7.20. The molecule has 2 atom stereocenters. The molecule has 0 spiro atoms. The van der Waals surface area contributed by atoms with Gasteiger partial charge in [-0.25, -0.2) is 4.79 Å². The Bertz CT molecular complexity index is 976. The van der Waals surface area contributed by atoms with E-state index in [1.165, 1.54) is 35.2 Å². The van der Waals surface area contributed by atoms with Crippen LogP contribution in [0.3, 0.4) is 0 Å². The highest BCUT2D eigenvalue weighted by molar-refractivity contribution is 6.22. The highest BCUT2D eigenvalue weighted by Crippen LogP contribution is 2.40. The molecule has 8 nitrogen and oxygen atoms in total. The minimum atomic E-state index is -0.735. The van der Waals surface area contributed by atoms with Crippen LogP contribution < -0.4 is 9.64 Å². The zero-order valence-electron chi connectivity index (χ0n) is 15.4. The van der Waals surface area contributed by atoms with Gasteiger partial charge in [-0.2, -0.15) is 0 Å². The normalized spacial score (nSPS) is 21.0. The monoisotopic (exact) mass is 394 g/mol. The summed E-state index contributed by atoms with van der Waals surface area (Å²) in [7, 11) is 0. The number of imide groups is 1. The molecule has 2 amide bonds. The lowest BCUT2D eigenvalue weighted by Crippen LogP contribution is -2.30. The van der Waals surface area contributed by atoms with Gasteiger partial charge in [-0.3, -0.25) is 24.6 Å². The van der Waals surface area contributed by atoms with Crippen LogP contribution in [-0.4, -0.2) is 22.7 Å². The SMILES string of the molecule is O=C(Oc1ccc(N2C(=O)[C@@H]3CCCC[C@H]3C2=O)cc1)c1cccc([N+](=O)[O-])c1. The Morgan fingerprint density at radius 2 is 1.62 bits per heavy atom. The lowest BCUT2D eigenvalue weighted by Gasteiger charge is -2.19. The van der Waals surface area contributed by atoms with Gasteiger partial charge in [-0.05, 0) is 43.2 Å². The number of nitro groups is 1. The van der Waals surface area contributed by atoms with Crippen LogP contribution in [0.5, 0.6) is 5.75 Å². The topological polar surface area (TPSA) is 107 Å². The number of benzene rings is 2. The molecule has 148 valence electrons. The summed E-state index contributed by atoms with van der Waals surface area (Å²) in [5.74, 6) is -1.32. The lowest BCUT2D eigenvalue weighted by atomic mass is 9.81. The number of esters is 1. The van der Waals surface area contributed by atoms with Crippen LogP contribution in [0.15, 0.2) is 48.5 Å². The fourth-order valence-electron chi connectivity index (χ4n) is 3.99. The van der Waals surface area contributed by atoms with Crippen LogP contribution in [0.25, 0.3) is 0 Å². The highest BCUT2D eigenvalue weighted by atomic mass is 16.6. The number of nitrogens with zero attached hydrogens (tertiary/aromatic N) is 2. The average molecular weight is 394 g/mol. The molecule has 2 fully saturated rings. The molecule has 1 saturated carbocycles. The first-order valence-corrected chi connectivity index (χ1v) is 9.40. The molecule has 2 aromatic carbocycles. The first kappa shape index (κ1) is 18.8. The number of rotatable bonds is 4. The second-order valence-electron chi connectivity index (χ2n) is 7.20. The molecular weight excluding hydrogens is 376 g/mol. The van der Waals surface area contributed by atoms with E-state index in [9.17, 15) is 24.5 Å². The maximum atomic E-state index is 12.6. The number of non-ortho nitro benzene ring substituents is 1. The van der Waals surface area contributed by atoms with Gasteiger partial charge in [-0.15, -0.1) is 0 Å². The van der Waals surface area contributed by atoms with Gasteiger partial charge in [0.1, 0.15) is 5.75 Å². The Hall–Kier alpha value is -3.55. The summed E-state index contributed by atoms with van der Waals surface area (Å²) < 4.78 is 5.25. The minimum absolute atomic E-state index is 0.0530. The highest BCUT2D eigenvalue weighted by Gasteiger charge is 2.48. The Morgan fingerprint density at radius 1 is 1.00 bits per heavy atom. The number of carbonyl (C=O) groups excluding carboxylic acids is 3. The van der Waals surface area contributed by atoms with Crippen molar-refractivity contribution < 1.29 is 24.0 Å². The zero-order valence-corrected chi connectivity index (χ0v) is 15.4. The fourth-order valence-corrected chi connectivity index (χ4v) is 3.99. The third kappa shape index (κ3) is 3.49. The molecule has 1 heterocycles. The van der Waals surface area contributed by atoms with Crippen molar-refractivity contribution in [2.75, 3.05) is 4.90 Å². The molecule has 0 radical (unpaired) electrons. The van der Waals surface area contributed by atoms with Crippen molar-refractivity contribution in [2.24, 2.45) is 11.8 Å². The van der Waals surface area contributed by atoms with Gasteiger partial charge in [0.05, 0.1) is 28.0 Å². The third-order valence-electron chi connectivity index (χ3n) is 5.44. The predicted molar refractivity (Wildman–Crippen MR) is 102 cm³/mol. The molecule has 0 unspecified atom stereocenters. The van der Waals surface area contributed by atoms with Crippen molar-refractivity contribution in [1.82, 2.24) is 0 Å². The number of amides is 2. The first-order chi connectivity index (χ1) is 14.0. The molecule has 0 N–H and O–H groups in total. The van der Waals surface area contributed by atoms with Crippen LogP contribution in [0.2, 0.25) is 0 Å². The van der Waals surface area contributed by atoms with Crippen LogP contribution in [-0.2, 0) is 9.59 Å². The van der Waals surface area contributed by atoms with E-state index in [1.54, 1.807) is 12.1 Å². The number of nitro benzene ring substituents is 1. The number of ether oxygens (including phenoxy) is 1. The van der Waals surface area contributed by atoms with Crippen LogP contribution in [0, 0.1) is 22.0 Å². The summed E-state index contributed by atoms with van der Waals surface area (Å²) in [6, 6.07) is 11.4. The van der Waals surface area contributed by atoms with E-state index >= 15 is 0 Å². The summed E-state index contributed by atoms with van der Waals surface area (Å²) in [5.41, 5.74) is 0.295. The second kappa shape index (κ2) is 7.46. The van der Waals surface area contributed by atoms with Gasteiger partial charge < -0.3 is 4.74 Å². The van der Waals surface area contributed by atoms with Gasteiger partial charge in [0.15, 0.2) is 0 Å². The van der Waals surface area contributed by atoms with Crippen molar-refractivity contribution in [1.29, 1.82) is 0 Å². The molecule has 0 aromatic heterocycles. The van der Waals surface area contributed by atoms with E-state index in [1.807, 2.05) is 0 Å². The van der Waals surface area contributed by atoms with Gasteiger partial charge in [0, 0.05) is 12.1 Å². The standard InChI is InChI=1S/C21H18N2O6/c24-19-17-6-1-2-7-18(17)20(25)22(19)14-8-10-16(11-9-14)29-21(26)13-4-3-5-15(12-13)23(27)28/h3-5,8-12,17-18H,1-2,6-7H2/t17-,18-/m1/s1. The van der Waals surface area contributed by atoms with Crippen molar-refractivity contribution in [3.63, 3.8) is 0 Å². The molecule has 4 rings (SSSR count). The van der Waals surface area contributed by atoms with E-state index in [2.05, 4.69) is 0 Å². The van der Waals surface area contributed by atoms with Gasteiger partial charge >= 0.3 is 5.97 Å². The van der Waals surface area contributed by atoms with Crippen molar-refractivity contribution in [3.05, 3.63) is 64.2 Å². The maximum Gasteiger partial charge on any atom is 0.343 e. The molecule has 2 aromatic rings. The summed E-state index contributed by atoms with van der Waals surface area (Å²) in [6.45, 7) is 0. The van der Waals surface area contributed by atoms with E-state index < -0.39 is 10.9 Å². The van der Waals surface area contributed by atoms with E-state index in [-0.39, 0.29) is 40.7 Å². The number of hydrogen-bond acceptors (Lipinski definition) is 6. The maximum absolute atomic E-state index is 12.6. The van der Waals surface area contributed by atoms with Gasteiger partial charge in [0.25, 0.3) is 5.69 Å². The minimum Gasteiger partial charge on any atom is -0.423 e. The number of carbonyl (C=O) groups is 3. The largest absolute Gasteiger partial charge is 0.423 e. The summed E-state index contributed by atoms with van der Waals surface area (Å²) >= 11 is 0. The fraction of sp³-hybridized carbons (Fsp3) is 0.286. The summed E-state index contributed by atoms with van der Waals surface area (Å²) in [4.78, 5) is 49.0. The quantitative estimate of drug-likeness (QED) is 0.258. The molecule has 1 aliphatic carbocycles. The van der Waals surface area contributed by atoms with E-state index in [0.717, 1.165) is 31.7 Å². The summed E-state index contributed by atoms with van der Waals surface area (Å²) in [6.07, 6.45) is 3.40. The molecular formula is C21H18N2O6. The molecule has 0 bridgehead atoms. The van der Waals surface area contributed by atoms with Crippen LogP contribution >= 0.6 is 0 Å². The molecule has 1 saturated heterocycles. The van der Waals surface area contributed by atoms with Gasteiger partial charge in [0.2, 0.25) is 11.8 Å². The summed E-state index contributed by atoms with van der Waals surface area (Å²) in [5, 5.41) is 10.8. The van der Waals surface area contributed by atoms with Crippen LogP contribution in [0.4, 0.5) is 11.4 Å². The van der Waals surface area contributed by atoms with Crippen molar-refractivity contribution in [2.45, 2.75) is 25.7 Å². The Balaban J connectivity index is 1.49. The van der Waals surface area contributed by atoms with Crippen LogP contribution in [0.1, 0.15) is 36.0 Å². The van der Waals surface area contributed by atoms with Crippen molar-refractivity contribution in [3.8, 4) is 5.75 Å². The van der Waals surface area contributed by atoms with Gasteiger partial charge in [-0.1, -0.05) is 18.9 Å². The first-order valence-electron chi connectivity index (χ1n) is 9.40. The Labute approximate surface area is 166 Å². The Morgan fingerprint density at radius 3 is 2.21 bits per heavy atom. The molecule has 8 heteroatoms. The molecule has 29 heavy (non-hydrogen) atoms. The van der Waals surface area contributed by atoms with Crippen molar-refractivity contribution >= 4 is 29.2 Å². The third-order valence-corrected chi connectivity index (χ3v) is 5.44. The number of hydrogen-bond donors (Lipinski definition) is 0. The zero-order chi connectivity index (χ0) is 20.5. The Kier molecular flexibility index (Phi) is 4.84. The molecule has 1 aliphatic heterocycles. The average Bonchev–Trinajstić information content (AvgIpc) is 2.99. The lowest BCUT2D eigenvalue weighted by molar-refractivity contribution is -0.384.